The third-order valence-corrected chi connectivity index (χ3v) is 3.73. The molecule has 3 nitrogen and oxygen atoms in total. The Hall–Kier alpha value is -1.42. The van der Waals surface area contributed by atoms with E-state index in [1.807, 2.05) is 38.1 Å². The molecule has 0 aliphatic heterocycles. The van der Waals surface area contributed by atoms with Crippen LogP contribution in [0.25, 0.3) is 0 Å². The van der Waals surface area contributed by atoms with Crippen molar-refractivity contribution in [2.24, 2.45) is 0 Å². The second-order valence-electron chi connectivity index (χ2n) is 4.21. The zero-order chi connectivity index (χ0) is 13.1. The molecule has 0 spiro atoms. The molecule has 0 aliphatic carbocycles. The number of halogens is 1. The predicted octanol–water partition coefficient (Wildman–Crippen LogP) is 2.99. The van der Waals surface area contributed by atoms with Gasteiger partial charge in [-0.25, -0.2) is 4.98 Å². The van der Waals surface area contributed by atoms with Crippen molar-refractivity contribution in [2.45, 2.75) is 26.7 Å². The minimum absolute atomic E-state index is 0.0381. The number of aromatic nitrogens is 2. The van der Waals surface area contributed by atoms with Crippen LogP contribution < -0.4 is 5.56 Å². The summed E-state index contributed by atoms with van der Waals surface area (Å²) in [7, 11) is 0. The third-order valence-electron chi connectivity index (χ3n) is 2.95. The summed E-state index contributed by atoms with van der Waals surface area (Å²) in [5, 5.41) is 0. The van der Waals surface area contributed by atoms with Gasteiger partial charge in [-0.1, -0.05) is 41.1 Å². The van der Waals surface area contributed by atoms with Crippen LogP contribution in [0.15, 0.2) is 33.5 Å². The molecule has 0 unspecified atom stereocenters. The third kappa shape index (κ3) is 2.70. The van der Waals surface area contributed by atoms with Crippen molar-refractivity contribution in [2.75, 3.05) is 0 Å². The lowest BCUT2D eigenvalue weighted by molar-refractivity contribution is 0.867. The monoisotopic (exact) mass is 306 g/mol. The summed E-state index contributed by atoms with van der Waals surface area (Å²) in [5.41, 5.74) is 2.67. The van der Waals surface area contributed by atoms with Crippen molar-refractivity contribution >= 4 is 15.9 Å². The van der Waals surface area contributed by atoms with Crippen LogP contribution in [0.5, 0.6) is 0 Å². The second kappa shape index (κ2) is 5.48. The summed E-state index contributed by atoms with van der Waals surface area (Å²) >= 11 is 3.50. The fraction of sp³-hybridized carbons (Fsp3) is 0.286. The summed E-state index contributed by atoms with van der Waals surface area (Å²) in [6, 6.07) is 7.96. The molecule has 1 N–H and O–H groups in total. The Labute approximate surface area is 114 Å². The number of nitrogens with zero attached hydrogens (tertiary/aromatic N) is 1. The Kier molecular flexibility index (Phi) is 3.97. The lowest BCUT2D eigenvalue weighted by atomic mass is 10.1. The highest BCUT2D eigenvalue weighted by atomic mass is 79.9. The Balaban J connectivity index is 2.39. The van der Waals surface area contributed by atoms with E-state index >= 15 is 0 Å². The Bertz CT molecular complexity index is 619. The van der Waals surface area contributed by atoms with Gasteiger partial charge >= 0.3 is 0 Å². The van der Waals surface area contributed by atoms with E-state index in [-0.39, 0.29) is 5.56 Å². The summed E-state index contributed by atoms with van der Waals surface area (Å²) in [6.07, 6.45) is 1.41. The average molecular weight is 307 g/mol. The summed E-state index contributed by atoms with van der Waals surface area (Å²) < 4.78 is 1.03. The SMILES string of the molecule is CCc1nc(Cc2ccccc2Br)[nH]c(=O)c1C. The molecule has 0 saturated carbocycles. The Morgan fingerprint density at radius 2 is 2.06 bits per heavy atom. The molecule has 0 fully saturated rings. The first-order valence-corrected chi connectivity index (χ1v) is 6.73. The zero-order valence-corrected chi connectivity index (χ0v) is 12.0. The molecule has 1 aromatic heterocycles. The van der Waals surface area contributed by atoms with Gasteiger partial charge in [-0.15, -0.1) is 0 Å². The zero-order valence-electron chi connectivity index (χ0n) is 10.5. The molecule has 94 valence electrons. The van der Waals surface area contributed by atoms with Crippen molar-refractivity contribution in [3.8, 4) is 0 Å². The Morgan fingerprint density at radius 1 is 1.33 bits per heavy atom. The van der Waals surface area contributed by atoms with E-state index in [9.17, 15) is 4.79 Å². The molecular weight excluding hydrogens is 292 g/mol. The molecule has 1 heterocycles. The highest BCUT2D eigenvalue weighted by Gasteiger charge is 2.07. The summed E-state index contributed by atoms with van der Waals surface area (Å²) in [4.78, 5) is 19.1. The van der Waals surface area contributed by atoms with Gasteiger partial charge < -0.3 is 4.98 Å². The average Bonchev–Trinajstić information content (AvgIpc) is 2.36. The number of aryl methyl sites for hydroxylation is 1. The van der Waals surface area contributed by atoms with Crippen LogP contribution in [0.1, 0.15) is 29.6 Å². The minimum atomic E-state index is -0.0381. The standard InChI is InChI=1S/C14H15BrN2O/c1-3-12-9(2)14(18)17-13(16-12)8-10-6-4-5-7-11(10)15/h4-7H,3,8H2,1-2H3,(H,16,17,18). The van der Waals surface area contributed by atoms with Gasteiger partial charge in [-0.2, -0.15) is 0 Å². The molecule has 0 amide bonds. The van der Waals surface area contributed by atoms with Gasteiger partial charge in [-0.3, -0.25) is 4.79 Å². The maximum Gasteiger partial charge on any atom is 0.254 e. The van der Waals surface area contributed by atoms with Gasteiger partial charge in [0.15, 0.2) is 0 Å². The van der Waals surface area contributed by atoms with Crippen molar-refractivity contribution in [3.63, 3.8) is 0 Å². The second-order valence-corrected chi connectivity index (χ2v) is 5.06. The highest BCUT2D eigenvalue weighted by Crippen LogP contribution is 2.18. The first-order chi connectivity index (χ1) is 8.61. The number of nitrogens with one attached hydrogen (secondary N) is 1. The smallest absolute Gasteiger partial charge is 0.254 e. The van der Waals surface area contributed by atoms with Crippen LogP contribution in [0, 0.1) is 6.92 Å². The van der Waals surface area contributed by atoms with E-state index in [4.69, 9.17) is 0 Å². The quantitative estimate of drug-likeness (QED) is 0.947. The van der Waals surface area contributed by atoms with Crippen molar-refractivity contribution in [1.29, 1.82) is 0 Å². The predicted molar refractivity (Wildman–Crippen MR) is 75.9 cm³/mol. The largest absolute Gasteiger partial charge is 0.310 e. The number of H-pyrrole nitrogens is 1. The van der Waals surface area contributed by atoms with Crippen LogP contribution in [0.3, 0.4) is 0 Å². The normalized spacial score (nSPS) is 10.6. The van der Waals surface area contributed by atoms with Gasteiger partial charge in [0.25, 0.3) is 5.56 Å². The van der Waals surface area contributed by atoms with Crippen molar-refractivity contribution < 1.29 is 0 Å². The maximum atomic E-state index is 11.8. The van der Waals surface area contributed by atoms with E-state index in [1.54, 1.807) is 0 Å². The fourth-order valence-electron chi connectivity index (χ4n) is 1.88. The van der Waals surface area contributed by atoms with E-state index in [1.165, 1.54) is 0 Å². The molecule has 1 aromatic carbocycles. The van der Waals surface area contributed by atoms with Gasteiger partial charge in [0.1, 0.15) is 5.82 Å². The molecule has 0 radical (unpaired) electrons. The van der Waals surface area contributed by atoms with Gasteiger partial charge in [0.05, 0.1) is 5.69 Å². The van der Waals surface area contributed by atoms with Crippen LogP contribution in [-0.2, 0) is 12.8 Å². The van der Waals surface area contributed by atoms with E-state index in [0.29, 0.717) is 17.8 Å². The Morgan fingerprint density at radius 3 is 2.72 bits per heavy atom. The molecule has 2 aromatic rings. The number of benzene rings is 1. The molecule has 2 rings (SSSR count). The topological polar surface area (TPSA) is 45.8 Å². The van der Waals surface area contributed by atoms with E-state index in [2.05, 4.69) is 25.9 Å². The van der Waals surface area contributed by atoms with E-state index in [0.717, 1.165) is 22.2 Å². The lowest BCUT2D eigenvalue weighted by Crippen LogP contribution is -2.17. The number of hydrogen-bond acceptors (Lipinski definition) is 2. The molecule has 0 bridgehead atoms. The van der Waals surface area contributed by atoms with Gasteiger partial charge in [0, 0.05) is 16.5 Å². The maximum absolute atomic E-state index is 11.8. The fourth-order valence-corrected chi connectivity index (χ4v) is 2.31. The van der Waals surface area contributed by atoms with Gasteiger partial charge in [-0.05, 0) is 25.0 Å². The lowest BCUT2D eigenvalue weighted by Gasteiger charge is -2.07. The van der Waals surface area contributed by atoms with Crippen LogP contribution in [0.2, 0.25) is 0 Å². The van der Waals surface area contributed by atoms with E-state index < -0.39 is 0 Å². The number of aromatic amines is 1. The minimum Gasteiger partial charge on any atom is -0.310 e. The van der Waals surface area contributed by atoms with Crippen LogP contribution >= 0.6 is 15.9 Å². The molecule has 4 heteroatoms. The summed E-state index contributed by atoms with van der Waals surface area (Å²) in [6.45, 7) is 3.82. The van der Waals surface area contributed by atoms with Gasteiger partial charge in [0.2, 0.25) is 0 Å². The molecule has 0 saturated heterocycles. The molecule has 0 atom stereocenters. The van der Waals surface area contributed by atoms with Crippen LogP contribution in [0.4, 0.5) is 0 Å². The molecular formula is C14H15BrN2O. The van der Waals surface area contributed by atoms with Crippen molar-refractivity contribution in [3.05, 3.63) is 61.7 Å². The molecule has 0 aliphatic rings. The number of rotatable bonds is 3. The van der Waals surface area contributed by atoms with Crippen LogP contribution in [-0.4, -0.2) is 9.97 Å². The highest BCUT2D eigenvalue weighted by molar-refractivity contribution is 9.10. The molecule has 18 heavy (non-hydrogen) atoms. The number of hydrogen-bond donors (Lipinski definition) is 1. The van der Waals surface area contributed by atoms with Crippen molar-refractivity contribution in [1.82, 2.24) is 9.97 Å². The first-order valence-electron chi connectivity index (χ1n) is 5.94. The summed E-state index contributed by atoms with van der Waals surface area (Å²) in [5.74, 6) is 0.717. The first kappa shape index (κ1) is 13.0.